The van der Waals surface area contributed by atoms with Crippen LogP contribution in [0.2, 0.25) is 0 Å². The summed E-state index contributed by atoms with van der Waals surface area (Å²) in [5.74, 6) is -0.0769. The number of amides is 1. The molecular weight excluding hydrogens is 288 g/mol. The molecule has 1 heterocycles. The second-order valence-electron chi connectivity index (χ2n) is 5.75. The Kier molecular flexibility index (Phi) is 4.44. The number of aromatic amines is 1. The second-order valence-corrected chi connectivity index (χ2v) is 5.75. The average Bonchev–Trinajstić information content (AvgIpc) is 2.89. The number of anilines is 1. The molecule has 0 spiro atoms. The van der Waals surface area contributed by atoms with Crippen molar-refractivity contribution in [3.05, 3.63) is 65.4 Å². The van der Waals surface area contributed by atoms with Gasteiger partial charge in [-0.25, -0.2) is 0 Å². The van der Waals surface area contributed by atoms with Crippen LogP contribution in [0.25, 0.3) is 10.9 Å². The monoisotopic (exact) mass is 308 g/mol. The van der Waals surface area contributed by atoms with Crippen molar-refractivity contribution in [1.29, 1.82) is 0 Å². The van der Waals surface area contributed by atoms with E-state index in [9.17, 15) is 4.79 Å². The Morgan fingerprint density at radius 3 is 2.65 bits per heavy atom. The minimum Gasteiger partial charge on any atom is -0.372 e. The van der Waals surface area contributed by atoms with Crippen LogP contribution in [0.3, 0.4) is 0 Å². The summed E-state index contributed by atoms with van der Waals surface area (Å²) in [7, 11) is 0. The van der Waals surface area contributed by atoms with E-state index in [1.165, 1.54) is 18.1 Å². The molecule has 0 aliphatic carbocycles. The summed E-state index contributed by atoms with van der Waals surface area (Å²) < 4.78 is 5.81. The lowest BCUT2D eigenvalue weighted by Gasteiger charge is -2.06. The molecule has 4 nitrogen and oxygen atoms in total. The Morgan fingerprint density at radius 2 is 1.91 bits per heavy atom. The fraction of sp³-hybridized carbons (Fsp3) is 0.211. The van der Waals surface area contributed by atoms with Gasteiger partial charge in [-0.15, -0.1) is 0 Å². The molecule has 3 aromatic rings. The predicted octanol–water partition coefficient (Wildman–Crippen LogP) is 4.15. The van der Waals surface area contributed by atoms with Crippen molar-refractivity contribution in [3.63, 3.8) is 0 Å². The van der Waals surface area contributed by atoms with Crippen molar-refractivity contribution in [1.82, 2.24) is 4.98 Å². The van der Waals surface area contributed by atoms with Crippen LogP contribution in [0.5, 0.6) is 0 Å². The van der Waals surface area contributed by atoms with Gasteiger partial charge in [0, 0.05) is 24.0 Å². The summed E-state index contributed by atoms with van der Waals surface area (Å²) in [6, 6.07) is 14.4. The quantitative estimate of drug-likeness (QED) is 0.744. The minimum atomic E-state index is -0.0769. The van der Waals surface area contributed by atoms with Gasteiger partial charge in [-0.05, 0) is 30.2 Å². The Bertz CT molecular complexity index is 836. The Hall–Kier alpha value is -2.59. The topological polar surface area (TPSA) is 54.1 Å². The fourth-order valence-corrected chi connectivity index (χ4v) is 2.64. The highest BCUT2D eigenvalue weighted by Crippen LogP contribution is 2.24. The maximum Gasteiger partial charge on any atom is 0.221 e. The van der Waals surface area contributed by atoms with Crippen LogP contribution < -0.4 is 5.32 Å². The van der Waals surface area contributed by atoms with Gasteiger partial charge in [-0.3, -0.25) is 4.79 Å². The number of H-pyrrole nitrogens is 1. The third-order valence-electron chi connectivity index (χ3n) is 3.68. The molecule has 3 rings (SSSR count). The molecular formula is C19H20N2O2. The van der Waals surface area contributed by atoms with Crippen LogP contribution in [0.1, 0.15) is 23.6 Å². The first-order valence-corrected chi connectivity index (χ1v) is 7.63. The van der Waals surface area contributed by atoms with Gasteiger partial charge in [0.2, 0.25) is 5.91 Å². The lowest BCUT2D eigenvalue weighted by Crippen LogP contribution is -2.04. The number of nitrogens with one attached hydrogen (secondary N) is 2. The zero-order chi connectivity index (χ0) is 16.2. The molecule has 0 saturated carbocycles. The number of aryl methyl sites for hydroxylation is 1. The lowest BCUT2D eigenvalue weighted by atomic mass is 10.1. The molecule has 1 aromatic heterocycles. The number of aromatic nitrogens is 1. The van der Waals surface area contributed by atoms with Gasteiger partial charge in [0.15, 0.2) is 0 Å². The molecule has 23 heavy (non-hydrogen) atoms. The van der Waals surface area contributed by atoms with E-state index < -0.39 is 0 Å². The summed E-state index contributed by atoms with van der Waals surface area (Å²) in [5, 5.41) is 3.83. The first kappa shape index (κ1) is 15.3. The van der Waals surface area contributed by atoms with Gasteiger partial charge < -0.3 is 15.0 Å². The van der Waals surface area contributed by atoms with Crippen LogP contribution in [-0.2, 0) is 22.7 Å². The van der Waals surface area contributed by atoms with Crippen molar-refractivity contribution in [3.8, 4) is 0 Å². The van der Waals surface area contributed by atoms with E-state index in [-0.39, 0.29) is 5.91 Å². The van der Waals surface area contributed by atoms with Gasteiger partial charge in [-0.1, -0.05) is 35.9 Å². The number of rotatable bonds is 5. The number of carbonyl (C=O) groups is 1. The van der Waals surface area contributed by atoms with Crippen molar-refractivity contribution >= 4 is 22.5 Å². The molecule has 0 fully saturated rings. The average molecular weight is 308 g/mol. The van der Waals surface area contributed by atoms with E-state index in [1.54, 1.807) is 0 Å². The van der Waals surface area contributed by atoms with Gasteiger partial charge in [0.05, 0.1) is 18.9 Å². The van der Waals surface area contributed by atoms with E-state index >= 15 is 0 Å². The number of carbonyl (C=O) groups excluding carboxylic acids is 1. The first-order valence-electron chi connectivity index (χ1n) is 7.63. The SMILES string of the molecule is CC(=O)Nc1c[nH]c2ccc(COCc3cccc(C)c3)cc12. The molecule has 0 aliphatic rings. The smallest absolute Gasteiger partial charge is 0.221 e. The number of ether oxygens (including phenoxy) is 1. The van der Waals surface area contributed by atoms with Gasteiger partial charge in [-0.2, -0.15) is 0 Å². The molecule has 0 aliphatic heterocycles. The van der Waals surface area contributed by atoms with E-state index in [2.05, 4.69) is 35.4 Å². The molecule has 4 heteroatoms. The highest BCUT2D eigenvalue weighted by Gasteiger charge is 2.06. The van der Waals surface area contributed by atoms with Crippen LogP contribution in [0.4, 0.5) is 5.69 Å². The highest BCUT2D eigenvalue weighted by molar-refractivity contribution is 6.01. The standard InChI is InChI=1S/C19H20N2O2/c1-13-4-3-5-15(8-13)11-23-12-16-6-7-18-17(9-16)19(10-20-18)21-14(2)22/h3-10,20H,11-12H2,1-2H3,(H,21,22). The molecule has 0 saturated heterocycles. The maximum absolute atomic E-state index is 11.2. The number of hydrogen-bond donors (Lipinski definition) is 2. The summed E-state index contributed by atoms with van der Waals surface area (Å²) in [6.45, 7) is 4.71. The van der Waals surface area contributed by atoms with Crippen molar-refractivity contribution in [2.45, 2.75) is 27.1 Å². The number of hydrogen-bond acceptors (Lipinski definition) is 2. The summed E-state index contributed by atoms with van der Waals surface area (Å²) in [4.78, 5) is 14.4. The molecule has 2 N–H and O–H groups in total. The Labute approximate surface area is 135 Å². The lowest BCUT2D eigenvalue weighted by molar-refractivity contribution is -0.114. The molecule has 2 aromatic carbocycles. The first-order chi connectivity index (χ1) is 11.1. The largest absolute Gasteiger partial charge is 0.372 e. The third kappa shape index (κ3) is 3.79. The summed E-state index contributed by atoms with van der Waals surface area (Å²) in [6.07, 6.45) is 1.81. The van der Waals surface area contributed by atoms with E-state index in [1.807, 2.05) is 30.5 Å². The minimum absolute atomic E-state index is 0.0769. The van der Waals surface area contributed by atoms with Crippen molar-refractivity contribution < 1.29 is 9.53 Å². The number of fused-ring (bicyclic) bond motifs is 1. The summed E-state index contributed by atoms with van der Waals surface area (Å²) >= 11 is 0. The van der Waals surface area contributed by atoms with Gasteiger partial charge in [0.25, 0.3) is 0 Å². The highest BCUT2D eigenvalue weighted by atomic mass is 16.5. The molecule has 0 radical (unpaired) electrons. The van der Waals surface area contributed by atoms with Crippen LogP contribution in [-0.4, -0.2) is 10.9 Å². The van der Waals surface area contributed by atoms with Crippen molar-refractivity contribution in [2.75, 3.05) is 5.32 Å². The molecule has 0 atom stereocenters. The van der Waals surface area contributed by atoms with E-state index in [0.29, 0.717) is 13.2 Å². The van der Waals surface area contributed by atoms with E-state index in [4.69, 9.17) is 4.74 Å². The molecule has 0 bridgehead atoms. The molecule has 0 unspecified atom stereocenters. The Balaban J connectivity index is 1.69. The Morgan fingerprint density at radius 1 is 1.13 bits per heavy atom. The van der Waals surface area contributed by atoms with Gasteiger partial charge in [0.1, 0.15) is 0 Å². The normalized spacial score (nSPS) is 10.9. The van der Waals surface area contributed by atoms with Crippen LogP contribution in [0.15, 0.2) is 48.7 Å². The van der Waals surface area contributed by atoms with Crippen LogP contribution in [0, 0.1) is 6.92 Å². The van der Waals surface area contributed by atoms with Gasteiger partial charge >= 0.3 is 0 Å². The zero-order valence-corrected chi connectivity index (χ0v) is 13.3. The predicted molar refractivity (Wildman–Crippen MR) is 92.3 cm³/mol. The molecule has 1 amide bonds. The molecule has 118 valence electrons. The van der Waals surface area contributed by atoms with Crippen molar-refractivity contribution in [2.24, 2.45) is 0 Å². The van der Waals surface area contributed by atoms with Crippen LogP contribution >= 0.6 is 0 Å². The zero-order valence-electron chi connectivity index (χ0n) is 13.3. The summed E-state index contributed by atoms with van der Waals surface area (Å²) in [5.41, 5.74) is 5.28. The third-order valence-corrected chi connectivity index (χ3v) is 3.68. The second kappa shape index (κ2) is 6.67. The maximum atomic E-state index is 11.2. The number of benzene rings is 2. The fourth-order valence-electron chi connectivity index (χ4n) is 2.64. The van der Waals surface area contributed by atoms with E-state index in [0.717, 1.165) is 22.2 Å².